The molecule has 0 aliphatic carbocycles. The standard InChI is InChI=1S/C24H20N4O4/c1-22-19(15-7-9-17(29-2)10-8-15)24(14-27,21(28)32-22)23(12-25,13-26)20(31-22)16-5-4-6-18(11-16)30-3/h4-11,19-20,28H,1-3H3. The van der Waals surface area contributed by atoms with Crippen LogP contribution in [0.1, 0.15) is 30.1 Å². The van der Waals surface area contributed by atoms with Crippen molar-refractivity contribution in [2.75, 3.05) is 14.2 Å². The fourth-order valence-corrected chi connectivity index (χ4v) is 4.89. The van der Waals surface area contributed by atoms with Gasteiger partial charge in [-0.15, -0.1) is 0 Å². The molecule has 0 aromatic heterocycles. The van der Waals surface area contributed by atoms with E-state index in [0.29, 0.717) is 22.6 Å². The van der Waals surface area contributed by atoms with Gasteiger partial charge in [-0.2, -0.15) is 15.8 Å². The van der Waals surface area contributed by atoms with Gasteiger partial charge in [0.05, 0.1) is 38.3 Å². The summed E-state index contributed by atoms with van der Waals surface area (Å²) in [6.45, 7) is 1.63. The zero-order chi connectivity index (χ0) is 23.1. The number of hydrogen-bond acceptors (Lipinski definition) is 8. The lowest BCUT2D eigenvalue weighted by Gasteiger charge is -2.48. The Morgan fingerprint density at radius 1 is 0.906 bits per heavy atom. The lowest BCUT2D eigenvalue weighted by molar-refractivity contribution is -0.253. The Kier molecular flexibility index (Phi) is 4.81. The molecular formula is C24H20N4O4. The quantitative estimate of drug-likeness (QED) is 0.782. The highest BCUT2D eigenvalue weighted by molar-refractivity contribution is 5.90. The van der Waals surface area contributed by atoms with Crippen LogP contribution in [0.15, 0.2) is 48.5 Å². The normalized spacial score (nSPS) is 29.7. The van der Waals surface area contributed by atoms with Gasteiger partial charge in [-0.25, -0.2) is 0 Å². The van der Waals surface area contributed by atoms with Crippen molar-refractivity contribution in [2.45, 2.75) is 24.7 Å². The van der Waals surface area contributed by atoms with Crippen molar-refractivity contribution >= 4 is 5.90 Å². The number of nitrogens with one attached hydrogen (secondary N) is 1. The van der Waals surface area contributed by atoms with Crippen molar-refractivity contribution < 1.29 is 18.9 Å². The number of benzene rings is 2. The zero-order valence-electron chi connectivity index (χ0n) is 17.7. The summed E-state index contributed by atoms with van der Waals surface area (Å²) in [6, 6.07) is 19.9. The Hall–Kier alpha value is -4.06. The molecule has 2 heterocycles. The molecular weight excluding hydrogens is 408 g/mol. The minimum atomic E-state index is -2.06. The van der Waals surface area contributed by atoms with Gasteiger partial charge in [0, 0.05) is 6.92 Å². The Bertz CT molecular complexity index is 1190. The van der Waals surface area contributed by atoms with Crippen LogP contribution in [-0.4, -0.2) is 25.9 Å². The number of methoxy groups -OCH3 is 2. The van der Waals surface area contributed by atoms with Gasteiger partial charge < -0.3 is 18.9 Å². The summed E-state index contributed by atoms with van der Waals surface area (Å²) in [7, 11) is 3.04. The Morgan fingerprint density at radius 2 is 1.56 bits per heavy atom. The van der Waals surface area contributed by atoms with Gasteiger partial charge in [0.2, 0.25) is 17.1 Å². The van der Waals surface area contributed by atoms with Gasteiger partial charge in [-0.1, -0.05) is 24.3 Å². The first-order valence-corrected chi connectivity index (χ1v) is 9.83. The first kappa shape index (κ1) is 21.2. The maximum absolute atomic E-state index is 10.5. The molecule has 0 saturated carbocycles. The maximum Gasteiger partial charge on any atom is 0.218 e. The minimum Gasteiger partial charge on any atom is -0.497 e. The van der Waals surface area contributed by atoms with E-state index in [1.165, 1.54) is 14.2 Å². The van der Waals surface area contributed by atoms with E-state index in [2.05, 4.69) is 6.07 Å². The molecule has 0 amide bonds. The summed E-state index contributed by atoms with van der Waals surface area (Å²) < 4.78 is 22.7. The molecule has 0 radical (unpaired) electrons. The number of nitrogens with zero attached hydrogens (tertiary/aromatic N) is 3. The number of ether oxygens (including phenoxy) is 4. The zero-order valence-corrected chi connectivity index (χ0v) is 17.7. The SMILES string of the molecule is COc1ccc(C2C3(C)OC(=N)C2(C#N)C(C#N)(C#N)C(c2cccc(OC)c2)O3)cc1. The van der Waals surface area contributed by atoms with E-state index in [9.17, 15) is 15.8 Å². The highest BCUT2D eigenvalue weighted by Crippen LogP contribution is 2.69. The highest BCUT2D eigenvalue weighted by atomic mass is 16.7. The molecule has 4 rings (SSSR count). The van der Waals surface area contributed by atoms with Crippen LogP contribution in [0.25, 0.3) is 0 Å². The van der Waals surface area contributed by atoms with Crippen LogP contribution in [0.4, 0.5) is 0 Å². The van der Waals surface area contributed by atoms with Crippen LogP contribution in [0, 0.1) is 50.2 Å². The lowest BCUT2D eigenvalue weighted by atomic mass is 9.52. The van der Waals surface area contributed by atoms with Crippen LogP contribution >= 0.6 is 0 Å². The van der Waals surface area contributed by atoms with Gasteiger partial charge in [-0.3, -0.25) is 5.41 Å². The van der Waals surface area contributed by atoms with Crippen molar-refractivity contribution in [1.29, 1.82) is 21.2 Å². The summed E-state index contributed by atoms with van der Waals surface area (Å²) >= 11 is 0. The molecule has 2 bridgehead atoms. The van der Waals surface area contributed by atoms with Crippen molar-refractivity contribution in [3.63, 3.8) is 0 Å². The first-order chi connectivity index (χ1) is 15.4. The average Bonchev–Trinajstić information content (AvgIpc) is 3.01. The molecule has 160 valence electrons. The van der Waals surface area contributed by atoms with E-state index in [4.69, 9.17) is 24.4 Å². The first-order valence-electron chi connectivity index (χ1n) is 9.83. The summed E-state index contributed by atoms with van der Waals surface area (Å²) in [4.78, 5) is 0. The molecule has 2 fully saturated rings. The Balaban J connectivity index is 1.99. The van der Waals surface area contributed by atoms with E-state index in [-0.39, 0.29) is 0 Å². The third-order valence-corrected chi connectivity index (χ3v) is 6.36. The van der Waals surface area contributed by atoms with Crippen LogP contribution in [-0.2, 0) is 9.47 Å². The largest absolute Gasteiger partial charge is 0.497 e. The summed E-state index contributed by atoms with van der Waals surface area (Å²) in [5.41, 5.74) is -2.90. The fraction of sp³-hybridized carbons (Fsp3) is 0.333. The summed E-state index contributed by atoms with van der Waals surface area (Å²) in [6.07, 6.45) is -1.16. The van der Waals surface area contributed by atoms with E-state index in [1.807, 2.05) is 12.1 Å². The molecule has 4 unspecified atom stereocenters. The maximum atomic E-state index is 10.5. The van der Waals surface area contributed by atoms with E-state index in [1.54, 1.807) is 55.5 Å². The molecule has 2 saturated heterocycles. The molecule has 1 N–H and O–H groups in total. The van der Waals surface area contributed by atoms with Gasteiger partial charge in [-0.05, 0) is 35.4 Å². The van der Waals surface area contributed by atoms with Crippen molar-refractivity contribution in [1.82, 2.24) is 0 Å². The summed E-state index contributed by atoms with van der Waals surface area (Å²) in [5, 5.41) is 39.8. The molecule has 2 aromatic carbocycles. The number of nitriles is 3. The molecule has 8 nitrogen and oxygen atoms in total. The van der Waals surface area contributed by atoms with Gasteiger partial charge >= 0.3 is 0 Å². The number of hydrogen-bond donors (Lipinski definition) is 1. The van der Waals surface area contributed by atoms with Crippen molar-refractivity contribution in [2.24, 2.45) is 10.8 Å². The molecule has 2 aliphatic rings. The second-order valence-corrected chi connectivity index (χ2v) is 7.88. The Labute approximate surface area is 185 Å². The van der Waals surface area contributed by atoms with Crippen molar-refractivity contribution in [3.8, 4) is 29.7 Å². The van der Waals surface area contributed by atoms with Crippen molar-refractivity contribution in [3.05, 3.63) is 59.7 Å². The highest BCUT2D eigenvalue weighted by Gasteiger charge is 2.79. The number of fused-ring (bicyclic) bond motifs is 2. The van der Waals surface area contributed by atoms with Crippen LogP contribution in [0.2, 0.25) is 0 Å². The van der Waals surface area contributed by atoms with Crippen LogP contribution in [0.5, 0.6) is 11.5 Å². The molecule has 0 spiro atoms. The molecule has 8 heteroatoms. The monoisotopic (exact) mass is 428 g/mol. The Morgan fingerprint density at radius 3 is 2.12 bits per heavy atom. The third kappa shape index (κ3) is 2.52. The van der Waals surface area contributed by atoms with Gasteiger partial charge in [0.1, 0.15) is 17.6 Å². The average molecular weight is 428 g/mol. The minimum absolute atomic E-state index is 0.461. The van der Waals surface area contributed by atoms with Crippen LogP contribution in [0.3, 0.4) is 0 Å². The fourth-order valence-electron chi connectivity index (χ4n) is 4.89. The second-order valence-electron chi connectivity index (χ2n) is 7.88. The molecule has 2 aromatic rings. The summed E-state index contributed by atoms with van der Waals surface area (Å²) in [5.74, 6) is -1.72. The van der Waals surface area contributed by atoms with Gasteiger partial charge in [0.15, 0.2) is 5.41 Å². The predicted molar refractivity (Wildman–Crippen MR) is 111 cm³/mol. The topological polar surface area (TPSA) is 132 Å². The van der Waals surface area contributed by atoms with E-state index in [0.717, 1.165) is 0 Å². The molecule has 2 aliphatic heterocycles. The van der Waals surface area contributed by atoms with Crippen LogP contribution < -0.4 is 9.47 Å². The lowest BCUT2D eigenvalue weighted by Crippen LogP contribution is -2.57. The van der Waals surface area contributed by atoms with E-state index < -0.39 is 34.5 Å². The van der Waals surface area contributed by atoms with E-state index >= 15 is 0 Å². The molecule has 32 heavy (non-hydrogen) atoms. The third-order valence-electron chi connectivity index (χ3n) is 6.36. The second kappa shape index (κ2) is 7.27. The smallest absolute Gasteiger partial charge is 0.218 e. The predicted octanol–water partition coefficient (Wildman–Crippen LogP) is 3.83. The molecule has 4 atom stereocenters. The van der Waals surface area contributed by atoms with Gasteiger partial charge in [0.25, 0.3) is 0 Å². The number of rotatable bonds is 4.